The Morgan fingerprint density at radius 1 is 1.25 bits per heavy atom. The molecular formula is C11H16N4O. The number of anilines is 1. The number of ether oxygens (including phenoxy) is 1. The number of aromatic nitrogens is 2. The van der Waals surface area contributed by atoms with Gasteiger partial charge in [-0.1, -0.05) is 0 Å². The first-order chi connectivity index (χ1) is 7.93. The third kappa shape index (κ3) is 1.88. The number of nitrogens with zero attached hydrogens (tertiary/aromatic N) is 3. The predicted octanol–water partition coefficient (Wildman–Crippen LogP) is -0.0411. The summed E-state index contributed by atoms with van der Waals surface area (Å²) in [6.45, 7) is 5.52. The van der Waals surface area contributed by atoms with Gasteiger partial charge in [0, 0.05) is 26.2 Å². The minimum absolute atomic E-state index is 0.615. The fourth-order valence-electron chi connectivity index (χ4n) is 2.18. The molecule has 86 valence electrons. The van der Waals surface area contributed by atoms with E-state index in [1.807, 2.05) is 0 Å². The van der Waals surface area contributed by atoms with E-state index in [0.717, 1.165) is 50.7 Å². The summed E-state index contributed by atoms with van der Waals surface area (Å²) in [6.07, 6.45) is 0.962. The first kappa shape index (κ1) is 9.99. The third-order valence-corrected chi connectivity index (χ3v) is 3.14. The van der Waals surface area contributed by atoms with Gasteiger partial charge in [0.1, 0.15) is 0 Å². The molecule has 0 unspecified atom stereocenters. The Morgan fingerprint density at radius 2 is 2.12 bits per heavy atom. The van der Waals surface area contributed by atoms with Crippen molar-refractivity contribution in [3.63, 3.8) is 0 Å². The van der Waals surface area contributed by atoms with Crippen molar-refractivity contribution < 1.29 is 4.74 Å². The van der Waals surface area contributed by atoms with Gasteiger partial charge in [0.25, 0.3) is 0 Å². The molecule has 1 N–H and O–H groups in total. The summed E-state index contributed by atoms with van der Waals surface area (Å²) in [6, 6.07) is 2.18. The lowest BCUT2D eigenvalue weighted by atomic mass is 10.1. The second-order valence-electron chi connectivity index (χ2n) is 4.21. The largest absolute Gasteiger partial charge is 0.375 e. The zero-order chi connectivity index (χ0) is 10.8. The van der Waals surface area contributed by atoms with E-state index < -0.39 is 0 Å². The van der Waals surface area contributed by atoms with Crippen molar-refractivity contribution in [3.05, 3.63) is 17.3 Å². The van der Waals surface area contributed by atoms with Gasteiger partial charge in [-0.3, -0.25) is 0 Å². The molecule has 5 nitrogen and oxygen atoms in total. The molecule has 0 radical (unpaired) electrons. The van der Waals surface area contributed by atoms with Gasteiger partial charge in [-0.15, -0.1) is 5.10 Å². The van der Waals surface area contributed by atoms with Crippen LogP contribution in [-0.2, 0) is 17.8 Å². The SMILES string of the molecule is c1c(N2CCNCC2)nnc2c1CCOC2. The van der Waals surface area contributed by atoms with Gasteiger partial charge in [0.05, 0.1) is 18.9 Å². The molecule has 0 bridgehead atoms. The highest BCUT2D eigenvalue weighted by molar-refractivity contribution is 5.42. The van der Waals surface area contributed by atoms with Crippen LogP contribution < -0.4 is 10.2 Å². The normalized spacial score (nSPS) is 20.6. The molecule has 0 spiro atoms. The van der Waals surface area contributed by atoms with Crippen LogP contribution in [0.5, 0.6) is 0 Å². The Bertz CT molecular complexity index is 376. The topological polar surface area (TPSA) is 50.3 Å². The van der Waals surface area contributed by atoms with Crippen LogP contribution >= 0.6 is 0 Å². The number of nitrogens with one attached hydrogen (secondary N) is 1. The molecule has 2 aliphatic rings. The standard InChI is InChI=1S/C11H16N4O/c1-6-16-8-10-9(1)7-11(14-13-10)15-4-2-12-3-5-15/h7,12H,1-6,8H2. The van der Waals surface area contributed by atoms with Crippen LogP contribution in [0.2, 0.25) is 0 Å². The molecule has 0 aromatic carbocycles. The van der Waals surface area contributed by atoms with Crippen LogP contribution in [0.15, 0.2) is 6.07 Å². The minimum Gasteiger partial charge on any atom is -0.375 e. The van der Waals surface area contributed by atoms with E-state index in [4.69, 9.17) is 4.74 Å². The first-order valence-corrected chi connectivity index (χ1v) is 5.82. The first-order valence-electron chi connectivity index (χ1n) is 5.82. The van der Waals surface area contributed by atoms with Crippen molar-refractivity contribution in [2.75, 3.05) is 37.7 Å². The van der Waals surface area contributed by atoms with Crippen molar-refractivity contribution in [2.45, 2.75) is 13.0 Å². The van der Waals surface area contributed by atoms with E-state index in [-0.39, 0.29) is 0 Å². The second-order valence-corrected chi connectivity index (χ2v) is 4.21. The number of piperazine rings is 1. The lowest BCUT2D eigenvalue weighted by molar-refractivity contribution is 0.106. The summed E-state index contributed by atoms with van der Waals surface area (Å²) < 4.78 is 5.36. The highest BCUT2D eigenvalue weighted by Gasteiger charge is 2.16. The summed E-state index contributed by atoms with van der Waals surface area (Å²) in [5.74, 6) is 1.02. The number of hydrogen-bond donors (Lipinski definition) is 1. The summed E-state index contributed by atoms with van der Waals surface area (Å²) in [4.78, 5) is 2.29. The molecular weight excluding hydrogens is 204 g/mol. The van der Waals surface area contributed by atoms with E-state index in [1.165, 1.54) is 5.56 Å². The number of rotatable bonds is 1. The van der Waals surface area contributed by atoms with Crippen molar-refractivity contribution in [1.82, 2.24) is 15.5 Å². The van der Waals surface area contributed by atoms with Crippen LogP contribution in [0.3, 0.4) is 0 Å². The Balaban J connectivity index is 1.84. The molecule has 2 aliphatic heterocycles. The molecule has 0 atom stereocenters. The van der Waals surface area contributed by atoms with Gasteiger partial charge in [-0.2, -0.15) is 5.10 Å². The number of hydrogen-bond acceptors (Lipinski definition) is 5. The molecule has 0 amide bonds. The molecule has 16 heavy (non-hydrogen) atoms. The summed E-state index contributed by atoms with van der Waals surface area (Å²) >= 11 is 0. The maximum absolute atomic E-state index is 5.36. The molecule has 1 aromatic heterocycles. The van der Waals surface area contributed by atoms with Crippen molar-refractivity contribution in [1.29, 1.82) is 0 Å². The second kappa shape index (κ2) is 4.35. The highest BCUT2D eigenvalue weighted by atomic mass is 16.5. The molecule has 0 aliphatic carbocycles. The molecule has 0 saturated carbocycles. The number of fused-ring (bicyclic) bond motifs is 1. The van der Waals surface area contributed by atoms with Crippen LogP contribution in [0.1, 0.15) is 11.3 Å². The fourth-order valence-corrected chi connectivity index (χ4v) is 2.18. The van der Waals surface area contributed by atoms with Gasteiger partial charge in [-0.05, 0) is 18.1 Å². The van der Waals surface area contributed by atoms with Crippen LogP contribution in [-0.4, -0.2) is 43.0 Å². The lowest BCUT2D eigenvalue weighted by Gasteiger charge is -2.28. The summed E-state index contributed by atoms with van der Waals surface area (Å²) in [5, 5.41) is 11.9. The van der Waals surface area contributed by atoms with Crippen molar-refractivity contribution in [3.8, 4) is 0 Å². The van der Waals surface area contributed by atoms with E-state index in [9.17, 15) is 0 Å². The zero-order valence-corrected chi connectivity index (χ0v) is 9.28. The molecule has 1 aromatic rings. The molecule has 1 fully saturated rings. The third-order valence-electron chi connectivity index (χ3n) is 3.14. The highest BCUT2D eigenvalue weighted by Crippen LogP contribution is 2.19. The fraction of sp³-hybridized carbons (Fsp3) is 0.636. The van der Waals surface area contributed by atoms with Gasteiger partial charge in [0.2, 0.25) is 0 Å². The zero-order valence-electron chi connectivity index (χ0n) is 9.28. The molecule has 5 heteroatoms. The van der Waals surface area contributed by atoms with E-state index in [1.54, 1.807) is 0 Å². The Kier molecular flexibility index (Phi) is 2.71. The van der Waals surface area contributed by atoms with Gasteiger partial charge in [0.15, 0.2) is 5.82 Å². The smallest absolute Gasteiger partial charge is 0.151 e. The quantitative estimate of drug-likeness (QED) is 0.719. The average molecular weight is 220 g/mol. The van der Waals surface area contributed by atoms with Gasteiger partial charge >= 0.3 is 0 Å². The van der Waals surface area contributed by atoms with Crippen molar-refractivity contribution >= 4 is 5.82 Å². The Morgan fingerprint density at radius 3 is 3.00 bits per heavy atom. The Labute approximate surface area is 94.8 Å². The predicted molar refractivity (Wildman–Crippen MR) is 60.5 cm³/mol. The van der Waals surface area contributed by atoms with Crippen LogP contribution in [0, 0.1) is 0 Å². The molecule has 1 saturated heterocycles. The Hall–Kier alpha value is -1.20. The molecule has 3 rings (SSSR count). The lowest BCUT2D eigenvalue weighted by Crippen LogP contribution is -2.44. The van der Waals surface area contributed by atoms with Gasteiger partial charge < -0.3 is 15.0 Å². The van der Waals surface area contributed by atoms with Crippen LogP contribution in [0.4, 0.5) is 5.82 Å². The monoisotopic (exact) mass is 220 g/mol. The van der Waals surface area contributed by atoms with Crippen LogP contribution in [0.25, 0.3) is 0 Å². The van der Waals surface area contributed by atoms with E-state index in [0.29, 0.717) is 6.61 Å². The molecule has 3 heterocycles. The van der Waals surface area contributed by atoms with Gasteiger partial charge in [-0.25, -0.2) is 0 Å². The summed E-state index contributed by atoms with van der Waals surface area (Å²) in [5.41, 5.74) is 2.31. The van der Waals surface area contributed by atoms with E-state index >= 15 is 0 Å². The van der Waals surface area contributed by atoms with Crippen molar-refractivity contribution in [2.24, 2.45) is 0 Å². The average Bonchev–Trinajstić information content (AvgIpc) is 2.39. The maximum Gasteiger partial charge on any atom is 0.151 e. The van der Waals surface area contributed by atoms with E-state index in [2.05, 4.69) is 26.5 Å². The minimum atomic E-state index is 0.615. The summed E-state index contributed by atoms with van der Waals surface area (Å²) in [7, 11) is 0. The maximum atomic E-state index is 5.36.